The molecule has 0 aliphatic carbocycles. The fourth-order valence-corrected chi connectivity index (χ4v) is 3.54. The van der Waals surface area contributed by atoms with Crippen LogP contribution in [0.25, 0.3) is 11.4 Å². The van der Waals surface area contributed by atoms with E-state index < -0.39 is 0 Å². The average molecular weight is 409 g/mol. The number of aryl methyl sites for hydroxylation is 2. The standard InChI is InChI=1S/C25H24N6/c26-18-22-4-8-24(9-5-22)30-16-14-28(20-30)12-2-1-3-13-29-15-17-31(21-29)25-10-6-23(19-27)7-11-25/h4-11,14-17,20-21H,1-3,12-13H2/q+2. The average Bonchev–Trinajstić information content (AvgIpc) is 3.49. The molecular formula is C25H24N6+2. The largest absolute Gasteiger partial charge is 0.248 e. The zero-order valence-electron chi connectivity index (χ0n) is 17.3. The zero-order chi connectivity index (χ0) is 21.5. The molecule has 0 bridgehead atoms. The van der Waals surface area contributed by atoms with E-state index in [1.807, 2.05) is 60.9 Å². The van der Waals surface area contributed by atoms with Gasteiger partial charge in [-0.05, 0) is 67.8 Å². The molecule has 0 spiro atoms. The topological polar surface area (TPSA) is 65.2 Å². The van der Waals surface area contributed by atoms with Gasteiger partial charge >= 0.3 is 0 Å². The summed E-state index contributed by atoms with van der Waals surface area (Å²) >= 11 is 0. The minimum absolute atomic E-state index is 0.675. The van der Waals surface area contributed by atoms with E-state index in [0.717, 1.165) is 43.7 Å². The minimum Gasteiger partial charge on any atom is -0.236 e. The van der Waals surface area contributed by atoms with Crippen LogP contribution in [-0.2, 0) is 13.1 Å². The summed E-state index contributed by atoms with van der Waals surface area (Å²) in [6.07, 6.45) is 15.9. The summed E-state index contributed by atoms with van der Waals surface area (Å²) in [5.41, 5.74) is 3.46. The summed E-state index contributed by atoms with van der Waals surface area (Å²) in [6, 6.07) is 19.5. The van der Waals surface area contributed by atoms with Crippen LogP contribution >= 0.6 is 0 Å². The molecule has 0 fully saturated rings. The zero-order valence-corrected chi connectivity index (χ0v) is 17.3. The Labute approximate surface area is 182 Å². The van der Waals surface area contributed by atoms with Crippen LogP contribution in [0.1, 0.15) is 30.4 Å². The third-order valence-corrected chi connectivity index (χ3v) is 5.30. The maximum atomic E-state index is 8.91. The van der Waals surface area contributed by atoms with E-state index in [2.05, 4.69) is 55.5 Å². The summed E-state index contributed by atoms with van der Waals surface area (Å²) in [7, 11) is 0. The Morgan fingerprint density at radius 2 is 1.03 bits per heavy atom. The highest BCUT2D eigenvalue weighted by Gasteiger charge is 2.08. The van der Waals surface area contributed by atoms with Crippen LogP contribution in [-0.4, -0.2) is 9.13 Å². The smallest absolute Gasteiger partial charge is 0.236 e. The molecule has 0 amide bonds. The minimum atomic E-state index is 0.675. The van der Waals surface area contributed by atoms with Gasteiger partial charge < -0.3 is 0 Å². The molecule has 6 nitrogen and oxygen atoms in total. The van der Waals surface area contributed by atoms with E-state index in [1.165, 1.54) is 0 Å². The Balaban J connectivity index is 1.22. The van der Waals surface area contributed by atoms with Gasteiger partial charge in [-0.3, -0.25) is 0 Å². The Bertz CT molecular complexity index is 1120. The van der Waals surface area contributed by atoms with Crippen LogP contribution in [0.4, 0.5) is 0 Å². The lowest BCUT2D eigenvalue weighted by Gasteiger charge is -1.99. The molecule has 2 aromatic carbocycles. The molecule has 2 heterocycles. The van der Waals surface area contributed by atoms with Crippen molar-refractivity contribution in [2.75, 3.05) is 0 Å². The second-order valence-electron chi connectivity index (χ2n) is 7.50. The van der Waals surface area contributed by atoms with E-state index in [-0.39, 0.29) is 0 Å². The van der Waals surface area contributed by atoms with Crippen molar-refractivity contribution < 1.29 is 9.13 Å². The van der Waals surface area contributed by atoms with Gasteiger partial charge in [0.1, 0.15) is 36.2 Å². The van der Waals surface area contributed by atoms with Crippen molar-refractivity contribution in [3.63, 3.8) is 0 Å². The molecule has 31 heavy (non-hydrogen) atoms. The first-order valence-electron chi connectivity index (χ1n) is 10.4. The van der Waals surface area contributed by atoms with E-state index >= 15 is 0 Å². The first-order chi connectivity index (χ1) is 15.2. The van der Waals surface area contributed by atoms with Gasteiger partial charge in [0.2, 0.25) is 12.7 Å². The second-order valence-corrected chi connectivity index (χ2v) is 7.50. The molecule has 0 atom stereocenters. The van der Waals surface area contributed by atoms with Gasteiger partial charge in [0, 0.05) is 0 Å². The van der Waals surface area contributed by atoms with Crippen molar-refractivity contribution in [1.82, 2.24) is 9.13 Å². The first kappa shape index (κ1) is 20.1. The van der Waals surface area contributed by atoms with Crippen LogP contribution in [0.5, 0.6) is 0 Å². The third kappa shape index (κ3) is 5.07. The lowest BCUT2D eigenvalue weighted by molar-refractivity contribution is -0.700. The summed E-state index contributed by atoms with van der Waals surface area (Å²) in [5, 5.41) is 17.8. The molecular weight excluding hydrogens is 384 g/mol. The number of rotatable bonds is 8. The van der Waals surface area contributed by atoms with E-state index in [4.69, 9.17) is 10.5 Å². The Morgan fingerprint density at radius 3 is 1.42 bits per heavy atom. The predicted molar refractivity (Wildman–Crippen MR) is 115 cm³/mol. The molecule has 0 saturated heterocycles. The molecule has 4 rings (SSSR count). The normalized spacial score (nSPS) is 10.5. The molecule has 4 aromatic rings. The molecule has 0 saturated carbocycles. The number of unbranched alkanes of at least 4 members (excludes halogenated alkanes) is 2. The molecule has 152 valence electrons. The molecule has 0 N–H and O–H groups in total. The number of hydrogen-bond donors (Lipinski definition) is 0. The highest BCUT2D eigenvalue weighted by molar-refractivity contribution is 5.39. The van der Waals surface area contributed by atoms with E-state index in [9.17, 15) is 0 Å². The van der Waals surface area contributed by atoms with Crippen molar-refractivity contribution in [3.05, 3.63) is 97.1 Å². The monoisotopic (exact) mass is 408 g/mol. The van der Waals surface area contributed by atoms with Gasteiger partial charge in [-0.15, -0.1) is 0 Å². The van der Waals surface area contributed by atoms with Crippen molar-refractivity contribution in [2.45, 2.75) is 32.4 Å². The van der Waals surface area contributed by atoms with Gasteiger partial charge in [-0.2, -0.15) is 10.5 Å². The lowest BCUT2D eigenvalue weighted by Crippen LogP contribution is -2.32. The van der Waals surface area contributed by atoms with Crippen LogP contribution < -0.4 is 9.13 Å². The lowest BCUT2D eigenvalue weighted by atomic mass is 10.2. The predicted octanol–water partition coefficient (Wildman–Crippen LogP) is 3.46. The maximum absolute atomic E-state index is 8.91. The molecule has 0 unspecified atom stereocenters. The number of benzene rings is 2. The van der Waals surface area contributed by atoms with Gasteiger partial charge in [0.25, 0.3) is 0 Å². The van der Waals surface area contributed by atoms with Gasteiger partial charge in [0.15, 0.2) is 0 Å². The maximum Gasteiger partial charge on any atom is 0.248 e. The van der Waals surface area contributed by atoms with Gasteiger partial charge in [-0.25, -0.2) is 18.3 Å². The Morgan fingerprint density at radius 1 is 0.613 bits per heavy atom. The van der Waals surface area contributed by atoms with Crippen LogP contribution in [0.15, 0.2) is 86.0 Å². The van der Waals surface area contributed by atoms with E-state index in [1.54, 1.807) is 0 Å². The molecule has 0 aliphatic rings. The quantitative estimate of drug-likeness (QED) is 0.331. The highest BCUT2D eigenvalue weighted by atomic mass is 15.1. The SMILES string of the molecule is N#Cc1ccc(-n2cc[n+](CCCCC[n+]3ccn(-c4ccc(C#N)cc4)c3)c2)cc1. The molecule has 0 radical (unpaired) electrons. The Kier molecular flexibility index (Phi) is 6.21. The van der Waals surface area contributed by atoms with Gasteiger partial charge in [-0.1, -0.05) is 0 Å². The molecule has 0 aliphatic heterocycles. The van der Waals surface area contributed by atoms with Crippen molar-refractivity contribution >= 4 is 0 Å². The summed E-state index contributed by atoms with van der Waals surface area (Å²) in [6.45, 7) is 1.97. The van der Waals surface area contributed by atoms with Crippen LogP contribution in [0.3, 0.4) is 0 Å². The molecule has 2 aromatic heterocycles. The Hall–Kier alpha value is -4.16. The third-order valence-electron chi connectivity index (χ3n) is 5.30. The van der Waals surface area contributed by atoms with Crippen LogP contribution in [0, 0.1) is 22.7 Å². The van der Waals surface area contributed by atoms with Crippen molar-refractivity contribution in [1.29, 1.82) is 10.5 Å². The van der Waals surface area contributed by atoms with Crippen molar-refractivity contribution in [2.24, 2.45) is 0 Å². The second kappa shape index (κ2) is 9.56. The summed E-state index contributed by atoms with van der Waals surface area (Å²) < 4.78 is 8.55. The van der Waals surface area contributed by atoms with Crippen molar-refractivity contribution in [3.8, 4) is 23.5 Å². The number of hydrogen-bond acceptors (Lipinski definition) is 2. The number of imidazole rings is 2. The summed E-state index contributed by atoms with van der Waals surface area (Å²) in [5.74, 6) is 0. The van der Waals surface area contributed by atoms with Gasteiger partial charge in [0.05, 0.1) is 36.4 Å². The summed E-state index contributed by atoms with van der Waals surface area (Å²) in [4.78, 5) is 0. The highest BCUT2D eigenvalue weighted by Crippen LogP contribution is 2.09. The van der Waals surface area contributed by atoms with Crippen LogP contribution in [0.2, 0.25) is 0 Å². The fourth-order valence-electron chi connectivity index (χ4n) is 3.54. The molecule has 6 heteroatoms. The number of nitriles is 2. The van der Waals surface area contributed by atoms with E-state index in [0.29, 0.717) is 11.1 Å². The first-order valence-corrected chi connectivity index (χ1v) is 10.4. The number of aromatic nitrogens is 4. The number of nitrogens with zero attached hydrogens (tertiary/aromatic N) is 6. The fraction of sp³-hybridized carbons (Fsp3) is 0.200.